The maximum Gasteiger partial charge on any atom is 0.259 e. The Labute approximate surface area is 180 Å². The number of nitrogens with zero attached hydrogens (tertiary/aromatic N) is 1. The second kappa shape index (κ2) is 9.13. The van der Waals surface area contributed by atoms with E-state index in [1.165, 1.54) is 4.88 Å². The smallest absolute Gasteiger partial charge is 0.259 e. The van der Waals surface area contributed by atoms with Crippen molar-refractivity contribution in [2.75, 3.05) is 19.0 Å². The molecule has 0 radical (unpaired) electrons. The number of anilines is 1. The van der Waals surface area contributed by atoms with Crippen LogP contribution in [0.4, 0.5) is 10.7 Å². The Morgan fingerprint density at radius 1 is 1.17 bits per heavy atom. The first-order chi connectivity index (χ1) is 14.7. The quantitative estimate of drug-likeness (QED) is 0.503. The SMILES string of the molecule is CCOc1ccc(NC(=O)c2c(/N=C/c3cccc(OC)c3)sc3c2CCC3)cc1. The second-order valence-corrected chi connectivity index (χ2v) is 8.07. The van der Waals surface area contributed by atoms with Crippen molar-refractivity contribution in [3.8, 4) is 11.5 Å². The molecule has 0 aliphatic heterocycles. The highest BCUT2D eigenvalue weighted by molar-refractivity contribution is 7.16. The minimum absolute atomic E-state index is 0.114. The molecule has 0 atom stereocenters. The van der Waals surface area contributed by atoms with E-state index < -0.39 is 0 Å². The van der Waals surface area contributed by atoms with Gasteiger partial charge in [0.25, 0.3) is 5.91 Å². The third-order valence-electron chi connectivity index (χ3n) is 4.98. The number of hydrogen-bond donors (Lipinski definition) is 1. The number of hydrogen-bond acceptors (Lipinski definition) is 5. The molecule has 2 aromatic carbocycles. The fourth-order valence-electron chi connectivity index (χ4n) is 3.56. The lowest BCUT2D eigenvalue weighted by atomic mass is 10.1. The monoisotopic (exact) mass is 420 g/mol. The Morgan fingerprint density at radius 2 is 2.00 bits per heavy atom. The maximum absolute atomic E-state index is 13.1. The third kappa shape index (κ3) is 4.39. The van der Waals surface area contributed by atoms with Gasteiger partial charge in [-0.1, -0.05) is 12.1 Å². The van der Waals surface area contributed by atoms with E-state index in [1.807, 2.05) is 55.5 Å². The molecule has 0 bridgehead atoms. The van der Waals surface area contributed by atoms with Crippen LogP contribution in [0.1, 0.15) is 39.7 Å². The molecule has 1 aromatic heterocycles. The molecule has 1 aliphatic rings. The number of ether oxygens (including phenoxy) is 2. The zero-order chi connectivity index (χ0) is 20.9. The lowest BCUT2D eigenvalue weighted by Crippen LogP contribution is -2.13. The van der Waals surface area contributed by atoms with E-state index in [9.17, 15) is 4.79 Å². The Kier molecular flexibility index (Phi) is 6.14. The number of methoxy groups -OCH3 is 1. The van der Waals surface area contributed by atoms with Gasteiger partial charge in [0, 0.05) is 16.8 Å². The van der Waals surface area contributed by atoms with Gasteiger partial charge >= 0.3 is 0 Å². The molecule has 1 heterocycles. The van der Waals surface area contributed by atoms with Gasteiger partial charge < -0.3 is 14.8 Å². The normalized spacial score (nSPS) is 12.7. The van der Waals surface area contributed by atoms with Gasteiger partial charge in [0.2, 0.25) is 0 Å². The van der Waals surface area contributed by atoms with Gasteiger partial charge in [-0.3, -0.25) is 4.79 Å². The zero-order valence-corrected chi connectivity index (χ0v) is 17.9. The van der Waals surface area contributed by atoms with Gasteiger partial charge in [-0.2, -0.15) is 0 Å². The number of thiophene rings is 1. The molecule has 0 saturated carbocycles. The Balaban J connectivity index is 1.59. The van der Waals surface area contributed by atoms with Gasteiger partial charge in [0.1, 0.15) is 16.5 Å². The molecule has 0 unspecified atom stereocenters. The highest BCUT2D eigenvalue weighted by Crippen LogP contribution is 2.41. The van der Waals surface area contributed by atoms with Crippen molar-refractivity contribution in [2.24, 2.45) is 4.99 Å². The van der Waals surface area contributed by atoms with Crippen molar-refractivity contribution in [3.63, 3.8) is 0 Å². The van der Waals surface area contributed by atoms with Gasteiger partial charge in [-0.25, -0.2) is 4.99 Å². The molecule has 5 nitrogen and oxygen atoms in total. The molecule has 3 aromatic rings. The van der Waals surface area contributed by atoms with Crippen LogP contribution in [-0.2, 0) is 12.8 Å². The first kappa shape index (κ1) is 20.2. The van der Waals surface area contributed by atoms with E-state index >= 15 is 0 Å². The van der Waals surface area contributed by atoms with Crippen LogP contribution in [0, 0.1) is 0 Å². The van der Waals surface area contributed by atoms with Crippen molar-refractivity contribution in [2.45, 2.75) is 26.2 Å². The first-order valence-corrected chi connectivity index (χ1v) is 10.9. The topological polar surface area (TPSA) is 59.9 Å². The van der Waals surface area contributed by atoms with E-state index in [2.05, 4.69) is 10.3 Å². The summed E-state index contributed by atoms with van der Waals surface area (Å²) in [5, 5.41) is 3.77. The summed E-state index contributed by atoms with van der Waals surface area (Å²) in [5.74, 6) is 1.45. The molecule has 30 heavy (non-hydrogen) atoms. The molecule has 0 saturated heterocycles. The zero-order valence-electron chi connectivity index (χ0n) is 17.1. The highest BCUT2D eigenvalue weighted by atomic mass is 32.1. The maximum atomic E-state index is 13.1. The van der Waals surface area contributed by atoms with Gasteiger partial charge in [0.15, 0.2) is 0 Å². The number of nitrogens with one attached hydrogen (secondary N) is 1. The van der Waals surface area contributed by atoms with Crippen molar-refractivity contribution in [1.29, 1.82) is 0 Å². The fraction of sp³-hybridized carbons (Fsp3) is 0.250. The molecule has 1 aliphatic carbocycles. The van der Waals surface area contributed by atoms with Gasteiger partial charge in [-0.15, -0.1) is 11.3 Å². The Bertz CT molecular complexity index is 1070. The van der Waals surface area contributed by atoms with Crippen LogP contribution < -0.4 is 14.8 Å². The minimum atomic E-state index is -0.114. The summed E-state index contributed by atoms with van der Waals surface area (Å²) < 4.78 is 10.7. The largest absolute Gasteiger partial charge is 0.497 e. The summed E-state index contributed by atoms with van der Waals surface area (Å²) in [6, 6.07) is 15.1. The number of fused-ring (bicyclic) bond motifs is 1. The number of aliphatic imine (C=N–C) groups is 1. The summed E-state index contributed by atoms with van der Waals surface area (Å²) in [7, 11) is 1.64. The lowest BCUT2D eigenvalue weighted by molar-refractivity contribution is 0.102. The van der Waals surface area contributed by atoms with Crippen LogP contribution in [0.2, 0.25) is 0 Å². The standard InChI is InChI=1S/C24H24N2O3S/c1-3-29-18-12-10-17(11-13-18)26-23(27)22-20-8-5-9-21(20)30-24(22)25-15-16-6-4-7-19(14-16)28-2/h4,6-7,10-15H,3,5,8-9H2,1-2H3,(H,26,27)/b25-15+. The number of aryl methyl sites for hydroxylation is 1. The van der Waals surface area contributed by atoms with Crippen LogP contribution in [-0.4, -0.2) is 25.8 Å². The minimum Gasteiger partial charge on any atom is -0.497 e. The third-order valence-corrected chi connectivity index (χ3v) is 6.18. The fourth-order valence-corrected chi connectivity index (χ4v) is 4.80. The summed E-state index contributed by atoms with van der Waals surface area (Å²) >= 11 is 1.62. The number of carbonyl (C=O) groups excluding carboxylic acids is 1. The van der Waals surface area contributed by atoms with E-state index in [1.54, 1.807) is 24.7 Å². The van der Waals surface area contributed by atoms with Gasteiger partial charge in [-0.05, 0) is 73.7 Å². The van der Waals surface area contributed by atoms with Crippen LogP contribution >= 0.6 is 11.3 Å². The van der Waals surface area contributed by atoms with Crippen molar-refractivity contribution in [1.82, 2.24) is 0 Å². The van der Waals surface area contributed by atoms with Crippen molar-refractivity contribution < 1.29 is 14.3 Å². The lowest BCUT2D eigenvalue weighted by Gasteiger charge is -2.08. The van der Waals surface area contributed by atoms with Crippen molar-refractivity contribution in [3.05, 3.63) is 70.1 Å². The molecule has 0 fully saturated rings. The predicted octanol–water partition coefficient (Wildman–Crippen LogP) is 5.65. The Hall–Kier alpha value is -3.12. The molecule has 1 amide bonds. The summed E-state index contributed by atoms with van der Waals surface area (Å²) in [6.45, 7) is 2.56. The van der Waals surface area contributed by atoms with Gasteiger partial charge in [0.05, 0.1) is 19.3 Å². The van der Waals surface area contributed by atoms with E-state index in [-0.39, 0.29) is 5.91 Å². The van der Waals surface area contributed by atoms with Crippen LogP contribution in [0.3, 0.4) is 0 Å². The molecule has 6 heteroatoms. The molecule has 4 rings (SSSR count). The van der Waals surface area contributed by atoms with Crippen LogP contribution in [0.15, 0.2) is 53.5 Å². The summed E-state index contributed by atoms with van der Waals surface area (Å²) in [6.07, 6.45) is 4.81. The second-order valence-electron chi connectivity index (χ2n) is 6.98. The molecular formula is C24H24N2O3S. The number of benzene rings is 2. The summed E-state index contributed by atoms with van der Waals surface area (Å²) in [4.78, 5) is 19.1. The molecule has 0 spiro atoms. The number of amides is 1. The van der Waals surface area contributed by atoms with Crippen LogP contribution in [0.25, 0.3) is 0 Å². The Morgan fingerprint density at radius 3 is 2.77 bits per heavy atom. The molecule has 1 N–H and O–H groups in total. The number of rotatable bonds is 7. The molecular weight excluding hydrogens is 396 g/mol. The van der Waals surface area contributed by atoms with E-state index in [0.717, 1.165) is 52.6 Å². The summed E-state index contributed by atoms with van der Waals surface area (Å²) in [5.41, 5.74) is 3.51. The van der Waals surface area contributed by atoms with Crippen LogP contribution in [0.5, 0.6) is 11.5 Å². The van der Waals surface area contributed by atoms with E-state index in [4.69, 9.17) is 9.47 Å². The average Bonchev–Trinajstić information content (AvgIpc) is 3.35. The highest BCUT2D eigenvalue weighted by Gasteiger charge is 2.26. The van der Waals surface area contributed by atoms with E-state index in [0.29, 0.717) is 12.2 Å². The molecule has 154 valence electrons. The number of carbonyl (C=O) groups is 1. The predicted molar refractivity (Wildman–Crippen MR) is 122 cm³/mol. The average molecular weight is 421 g/mol. The first-order valence-electron chi connectivity index (χ1n) is 10.0. The van der Waals surface area contributed by atoms with Crippen molar-refractivity contribution >= 4 is 34.1 Å².